The largest absolute Gasteiger partial charge is 0.462 e. The second kappa shape index (κ2) is 11.9. The number of nitrogens with one attached hydrogen (secondary N) is 1. The molecule has 150 valence electrons. The quantitative estimate of drug-likeness (QED) is 0.353. The topological polar surface area (TPSA) is 64.6 Å². The van der Waals surface area contributed by atoms with E-state index in [4.69, 9.17) is 9.57 Å². The molecule has 0 radical (unpaired) electrons. The van der Waals surface area contributed by atoms with Gasteiger partial charge in [-0.3, -0.25) is 9.63 Å². The molecule has 28 heavy (non-hydrogen) atoms. The molecular formula is C23H29NO4. The fourth-order valence-electron chi connectivity index (χ4n) is 2.57. The van der Waals surface area contributed by atoms with E-state index in [1.54, 1.807) is 12.1 Å². The molecule has 0 fully saturated rings. The van der Waals surface area contributed by atoms with E-state index < -0.39 is 0 Å². The van der Waals surface area contributed by atoms with Gasteiger partial charge in [0.05, 0.1) is 18.8 Å². The maximum atomic E-state index is 11.9. The zero-order valence-corrected chi connectivity index (χ0v) is 16.6. The Hall–Kier alpha value is -2.66. The van der Waals surface area contributed by atoms with Crippen molar-refractivity contribution in [2.75, 3.05) is 6.61 Å². The second-order valence-corrected chi connectivity index (χ2v) is 7.20. The Labute approximate surface area is 167 Å². The highest BCUT2D eigenvalue weighted by Gasteiger charge is 2.08. The van der Waals surface area contributed by atoms with Gasteiger partial charge in [0.15, 0.2) is 0 Å². The van der Waals surface area contributed by atoms with Crippen LogP contribution in [0, 0.1) is 5.92 Å². The van der Waals surface area contributed by atoms with Crippen LogP contribution in [0.2, 0.25) is 0 Å². The molecule has 0 aromatic heterocycles. The van der Waals surface area contributed by atoms with Gasteiger partial charge >= 0.3 is 5.97 Å². The van der Waals surface area contributed by atoms with Crippen molar-refractivity contribution in [3.05, 3.63) is 71.3 Å². The first kappa shape index (κ1) is 21.6. The van der Waals surface area contributed by atoms with Gasteiger partial charge in [0.25, 0.3) is 0 Å². The Bertz CT molecular complexity index is 726. The van der Waals surface area contributed by atoms with Crippen molar-refractivity contribution in [1.82, 2.24) is 5.48 Å². The highest BCUT2D eigenvalue weighted by molar-refractivity contribution is 5.89. The van der Waals surface area contributed by atoms with Crippen molar-refractivity contribution in [3.63, 3.8) is 0 Å². The number of hydrogen-bond acceptors (Lipinski definition) is 4. The summed E-state index contributed by atoms with van der Waals surface area (Å²) in [6.45, 7) is 4.80. The van der Waals surface area contributed by atoms with Gasteiger partial charge in [-0.15, -0.1) is 0 Å². The van der Waals surface area contributed by atoms with E-state index in [9.17, 15) is 9.59 Å². The van der Waals surface area contributed by atoms with Crippen molar-refractivity contribution in [2.45, 2.75) is 46.1 Å². The fraction of sp³-hybridized carbons (Fsp3) is 0.391. The number of aryl methyl sites for hydroxylation is 1. The summed E-state index contributed by atoms with van der Waals surface area (Å²) in [4.78, 5) is 28.9. The third-order valence-corrected chi connectivity index (χ3v) is 4.12. The summed E-state index contributed by atoms with van der Waals surface area (Å²) in [6.07, 6.45) is 2.95. The van der Waals surface area contributed by atoms with Gasteiger partial charge in [0.1, 0.15) is 0 Å². The smallest absolute Gasteiger partial charge is 0.338 e. The number of esters is 1. The Morgan fingerprint density at radius 2 is 1.64 bits per heavy atom. The number of hydrogen-bond donors (Lipinski definition) is 1. The van der Waals surface area contributed by atoms with Gasteiger partial charge in [-0.25, -0.2) is 10.3 Å². The van der Waals surface area contributed by atoms with Crippen molar-refractivity contribution < 1.29 is 19.2 Å². The monoisotopic (exact) mass is 383 g/mol. The number of hydroxylamine groups is 1. The number of ether oxygens (including phenoxy) is 1. The molecule has 0 aliphatic carbocycles. The Morgan fingerprint density at radius 3 is 2.32 bits per heavy atom. The molecule has 0 aliphatic rings. The maximum absolute atomic E-state index is 11.9. The number of rotatable bonds is 11. The summed E-state index contributed by atoms with van der Waals surface area (Å²) >= 11 is 0. The predicted octanol–water partition coefficient (Wildman–Crippen LogP) is 4.46. The van der Waals surface area contributed by atoms with Gasteiger partial charge in [-0.05, 0) is 48.4 Å². The lowest BCUT2D eigenvalue weighted by molar-refractivity contribution is -0.134. The van der Waals surface area contributed by atoms with Gasteiger partial charge < -0.3 is 4.74 Å². The van der Waals surface area contributed by atoms with E-state index in [-0.39, 0.29) is 11.9 Å². The average molecular weight is 383 g/mol. The predicted molar refractivity (Wildman–Crippen MR) is 108 cm³/mol. The zero-order valence-electron chi connectivity index (χ0n) is 16.6. The molecule has 0 saturated carbocycles. The molecule has 1 N–H and O–H groups in total. The number of amides is 1. The standard InChI is InChI=1S/C23H29NO4/c1-18(2)16-27-23(26)21-14-12-19(13-15-21)8-6-7-11-22(25)24-28-17-20-9-4-3-5-10-20/h3-5,9-10,12-15,18H,6-8,11,16-17H2,1-2H3,(H,24,25). The Balaban J connectivity index is 1.59. The van der Waals surface area contributed by atoms with Gasteiger partial charge in [-0.2, -0.15) is 0 Å². The van der Waals surface area contributed by atoms with Crippen molar-refractivity contribution >= 4 is 11.9 Å². The summed E-state index contributed by atoms with van der Waals surface area (Å²) in [5.41, 5.74) is 5.20. The summed E-state index contributed by atoms with van der Waals surface area (Å²) in [5, 5.41) is 0. The van der Waals surface area contributed by atoms with Gasteiger partial charge in [-0.1, -0.05) is 56.3 Å². The lowest BCUT2D eigenvalue weighted by atomic mass is 10.1. The van der Waals surface area contributed by atoms with E-state index in [1.165, 1.54) is 0 Å². The van der Waals surface area contributed by atoms with Crippen LogP contribution in [0.25, 0.3) is 0 Å². The maximum Gasteiger partial charge on any atom is 0.338 e. The van der Waals surface area contributed by atoms with Crippen LogP contribution in [0.4, 0.5) is 0 Å². The summed E-state index contributed by atoms with van der Waals surface area (Å²) < 4.78 is 5.22. The van der Waals surface area contributed by atoms with Crippen LogP contribution in [0.3, 0.4) is 0 Å². The van der Waals surface area contributed by atoms with Gasteiger partial charge in [0, 0.05) is 6.42 Å². The molecule has 2 aromatic carbocycles. The Morgan fingerprint density at radius 1 is 0.929 bits per heavy atom. The molecule has 0 saturated heterocycles. The first-order valence-corrected chi connectivity index (χ1v) is 9.75. The molecule has 5 heteroatoms. The van der Waals surface area contributed by atoms with Crippen LogP contribution in [0.1, 0.15) is 54.6 Å². The van der Waals surface area contributed by atoms with Crippen molar-refractivity contribution in [1.29, 1.82) is 0 Å². The normalized spacial score (nSPS) is 10.7. The fourth-order valence-corrected chi connectivity index (χ4v) is 2.57. The average Bonchev–Trinajstić information content (AvgIpc) is 2.70. The first-order valence-electron chi connectivity index (χ1n) is 9.75. The highest BCUT2D eigenvalue weighted by Crippen LogP contribution is 2.11. The third-order valence-electron chi connectivity index (χ3n) is 4.12. The summed E-state index contributed by atoms with van der Waals surface area (Å²) in [6, 6.07) is 17.2. The van der Waals surface area contributed by atoms with E-state index in [2.05, 4.69) is 5.48 Å². The SMILES string of the molecule is CC(C)COC(=O)c1ccc(CCCCC(=O)NOCc2ccccc2)cc1. The molecule has 5 nitrogen and oxygen atoms in total. The summed E-state index contributed by atoms with van der Waals surface area (Å²) in [7, 11) is 0. The van der Waals surface area contributed by atoms with E-state index in [0.717, 1.165) is 30.4 Å². The third kappa shape index (κ3) is 8.35. The molecule has 0 aliphatic heterocycles. The second-order valence-electron chi connectivity index (χ2n) is 7.20. The van der Waals surface area contributed by atoms with Crippen LogP contribution in [-0.4, -0.2) is 18.5 Å². The first-order chi connectivity index (χ1) is 13.5. The van der Waals surface area contributed by atoms with Crippen LogP contribution in [0.15, 0.2) is 54.6 Å². The minimum absolute atomic E-state index is 0.112. The molecule has 2 aromatic rings. The van der Waals surface area contributed by atoms with Crippen molar-refractivity contribution in [2.24, 2.45) is 5.92 Å². The van der Waals surface area contributed by atoms with Crippen LogP contribution >= 0.6 is 0 Å². The van der Waals surface area contributed by atoms with E-state index in [1.807, 2.05) is 56.3 Å². The minimum atomic E-state index is -0.285. The number of unbranched alkanes of at least 4 members (excludes halogenated alkanes) is 1. The summed E-state index contributed by atoms with van der Waals surface area (Å²) in [5.74, 6) is -0.0734. The molecule has 1 amide bonds. The molecule has 0 unspecified atom stereocenters. The molecule has 0 spiro atoms. The van der Waals surface area contributed by atoms with Crippen LogP contribution in [-0.2, 0) is 27.4 Å². The lowest BCUT2D eigenvalue weighted by Gasteiger charge is -2.08. The molecule has 0 heterocycles. The van der Waals surface area contributed by atoms with E-state index in [0.29, 0.717) is 31.1 Å². The van der Waals surface area contributed by atoms with Gasteiger partial charge in [0.2, 0.25) is 5.91 Å². The number of carbonyl (C=O) groups is 2. The van der Waals surface area contributed by atoms with E-state index >= 15 is 0 Å². The highest BCUT2D eigenvalue weighted by atomic mass is 16.6. The minimum Gasteiger partial charge on any atom is -0.462 e. The lowest BCUT2D eigenvalue weighted by Crippen LogP contribution is -2.23. The number of carbonyl (C=O) groups excluding carboxylic acids is 2. The molecule has 2 rings (SSSR count). The molecular weight excluding hydrogens is 354 g/mol. The van der Waals surface area contributed by atoms with Crippen LogP contribution in [0.5, 0.6) is 0 Å². The number of benzene rings is 2. The van der Waals surface area contributed by atoms with Crippen molar-refractivity contribution in [3.8, 4) is 0 Å². The molecule has 0 atom stereocenters. The zero-order chi connectivity index (χ0) is 20.2. The Kier molecular flexibility index (Phi) is 9.22. The van der Waals surface area contributed by atoms with Crippen LogP contribution < -0.4 is 5.48 Å². The molecule has 0 bridgehead atoms.